The molecule has 0 amide bonds. The molecule has 0 aromatic rings. The van der Waals surface area contributed by atoms with Gasteiger partial charge >= 0.3 is 0 Å². The van der Waals surface area contributed by atoms with Gasteiger partial charge in [0.2, 0.25) is 0 Å². The molecule has 9 heavy (non-hydrogen) atoms. The second-order valence-electron chi connectivity index (χ2n) is 2.13. The fourth-order valence-electron chi connectivity index (χ4n) is 0.575. The van der Waals surface area contributed by atoms with E-state index in [4.69, 9.17) is 0 Å². The molecule has 0 radical (unpaired) electrons. The van der Waals surface area contributed by atoms with Crippen LogP contribution in [-0.4, -0.2) is 9.64 Å². The maximum absolute atomic E-state index is 4.05. The Morgan fingerprint density at radius 2 is 2.22 bits per heavy atom. The minimum Gasteiger partial charge on any atom is -0.267 e. The largest absolute Gasteiger partial charge is 0.267 e. The third-order valence-corrected chi connectivity index (χ3v) is 1.67. The Balaban J connectivity index is 2.82. The van der Waals surface area contributed by atoms with Gasteiger partial charge in [-0.3, -0.25) is 4.99 Å². The number of hydrogen-bond acceptors (Lipinski definition) is 1. The summed E-state index contributed by atoms with van der Waals surface area (Å²) in [7, 11) is 0. The molecule has 1 aliphatic rings. The van der Waals surface area contributed by atoms with Crippen molar-refractivity contribution in [1.82, 2.24) is 0 Å². The highest BCUT2D eigenvalue weighted by Gasteiger charge is 2.11. The molecule has 1 aliphatic heterocycles. The highest BCUT2D eigenvalue weighted by atomic mass is 127. The molecule has 0 saturated heterocycles. The molecule has 2 heteroatoms. The molecule has 1 unspecified atom stereocenters. The van der Waals surface area contributed by atoms with Crippen molar-refractivity contribution in [2.75, 3.05) is 0 Å². The maximum atomic E-state index is 4.05. The molecule has 0 aromatic carbocycles. The molecule has 0 aromatic heterocycles. The molecule has 1 rings (SSSR count). The van der Waals surface area contributed by atoms with Crippen molar-refractivity contribution in [3.8, 4) is 0 Å². The number of rotatable bonds is 0. The molecule has 1 atom stereocenters. The summed E-state index contributed by atoms with van der Waals surface area (Å²) in [5.41, 5.74) is 0. The summed E-state index contributed by atoms with van der Waals surface area (Å²) in [4.78, 5) is 4.05. The Labute approximate surface area is 68.7 Å². The van der Waals surface area contributed by atoms with Crippen LogP contribution in [0.3, 0.4) is 0 Å². The quantitative estimate of drug-likeness (QED) is 0.449. The maximum Gasteiger partial charge on any atom is 0.0726 e. The van der Waals surface area contributed by atoms with Gasteiger partial charge in [-0.05, 0) is 13.0 Å². The number of allylic oxidation sites excluding steroid dienone is 3. The zero-order valence-corrected chi connectivity index (χ0v) is 7.37. The third-order valence-electron chi connectivity index (χ3n) is 1.03. The lowest BCUT2D eigenvalue weighted by molar-refractivity contribution is 1.15. The highest BCUT2D eigenvalue weighted by Crippen LogP contribution is 2.18. The number of aliphatic imine (C=N–C) groups is 1. The van der Waals surface area contributed by atoms with Gasteiger partial charge in [-0.2, -0.15) is 0 Å². The Kier molecular flexibility index (Phi) is 2.05. The molecular weight excluding hydrogens is 225 g/mol. The van der Waals surface area contributed by atoms with E-state index >= 15 is 0 Å². The van der Waals surface area contributed by atoms with Crippen LogP contribution in [0.2, 0.25) is 0 Å². The number of nitrogens with zero attached hydrogens (tertiary/aromatic N) is 1. The van der Waals surface area contributed by atoms with Crippen LogP contribution in [0.25, 0.3) is 0 Å². The molecule has 0 aliphatic carbocycles. The number of halogens is 1. The molecule has 0 spiro atoms. The standard InChI is InChI=1S/C7H8IN/c1-7(8)4-2-3-5-9-6-7/h2-6H,1H3. The lowest BCUT2D eigenvalue weighted by atomic mass is 10.2. The molecule has 1 heterocycles. The van der Waals surface area contributed by atoms with E-state index in [0.717, 1.165) is 0 Å². The Morgan fingerprint density at radius 1 is 1.44 bits per heavy atom. The zero-order chi connectivity index (χ0) is 6.74. The summed E-state index contributed by atoms with van der Waals surface area (Å²) >= 11 is 2.34. The van der Waals surface area contributed by atoms with Gasteiger partial charge in [0.15, 0.2) is 0 Å². The van der Waals surface area contributed by atoms with Crippen LogP contribution in [0.15, 0.2) is 29.4 Å². The summed E-state index contributed by atoms with van der Waals surface area (Å²) in [6.45, 7) is 2.11. The first kappa shape index (κ1) is 6.99. The average molecular weight is 233 g/mol. The highest BCUT2D eigenvalue weighted by molar-refractivity contribution is 14.1. The van der Waals surface area contributed by atoms with Gasteiger partial charge in [0.1, 0.15) is 0 Å². The smallest absolute Gasteiger partial charge is 0.0726 e. The van der Waals surface area contributed by atoms with Gasteiger partial charge in [-0.15, -0.1) is 0 Å². The molecule has 0 bridgehead atoms. The van der Waals surface area contributed by atoms with Gasteiger partial charge in [0, 0.05) is 12.4 Å². The van der Waals surface area contributed by atoms with Crippen molar-refractivity contribution in [2.45, 2.75) is 10.3 Å². The molecule has 1 nitrogen and oxygen atoms in total. The van der Waals surface area contributed by atoms with Crippen LogP contribution in [-0.2, 0) is 0 Å². The Morgan fingerprint density at radius 3 is 3.00 bits per heavy atom. The van der Waals surface area contributed by atoms with Crippen LogP contribution < -0.4 is 0 Å². The second-order valence-corrected chi connectivity index (χ2v) is 4.45. The Hall–Kier alpha value is -0.120. The van der Waals surface area contributed by atoms with Crippen LogP contribution in [0.4, 0.5) is 0 Å². The molecule has 0 fully saturated rings. The van der Waals surface area contributed by atoms with E-state index in [0.29, 0.717) is 0 Å². The van der Waals surface area contributed by atoms with E-state index in [1.54, 1.807) is 6.20 Å². The van der Waals surface area contributed by atoms with Crippen LogP contribution in [0.1, 0.15) is 6.92 Å². The normalized spacial score (nSPS) is 32.7. The van der Waals surface area contributed by atoms with E-state index < -0.39 is 0 Å². The SMILES string of the molecule is CC1(I)C=CC=CN=C1. The van der Waals surface area contributed by atoms with E-state index in [2.05, 4.69) is 40.6 Å². The van der Waals surface area contributed by atoms with Crippen LogP contribution in [0.5, 0.6) is 0 Å². The number of hydrogen-bond donors (Lipinski definition) is 0. The van der Waals surface area contributed by atoms with Crippen molar-refractivity contribution >= 4 is 28.8 Å². The summed E-state index contributed by atoms with van der Waals surface area (Å²) in [6.07, 6.45) is 9.77. The molecule has 0 N–H and O–H groups in total. The van der Waals surface area contributed by atoms with Crippen LogP contribution in [0, 0.1) is 0 Å². The van der Waals surface area contributed by atoms with Gasteiger partial charge in [-0.1, -0.05) is 34.7 Å². The second kappa shape index (κ2) is 2.64. The first-order valence-electron chi connectivity index (χ1n) is 2.78. The fourth-order valence-corrected chi connectivity index (χ4v) is 0.943. The molecular formula is C7H8IN. The summed E-state index contributed by atoms with van der Waals surface area (Å²) in [5, 5.41) is 0. The van der Waals surface area contributed by atoms with Gasteiger partial charge in [0.25, 0.3) is 0 Å². The summed E-state index contributed by atoms with van der Waals surface area (Å²) in [6, 6.07) is 0. The predicted molar refractivity (Wildman–Crippen MR) is 49.2 cm³/mol. The van der Waals surface area contributed by atoms with Gasteiger partial charge in [-0.25, -0.2) is 0 Å². The van der Waals surface area contributed by atoms with Gasteiger partial charge < -0.3 is 0 Å². The number of alkyl halides is 1. The first-order chi connectivity index (χ1) is 4.21. The van der Waals surface area contributed by atoms with Crippen molar-refractivity contribution < 1.29 is 0 Å². The first-order valence-corrected chi connectivity index (χ1v) is 3.86. The minimum atomic E-state index is 0.0985. The topological polar surface area (TPSA) is 12.4 Å². The van der Waals surface area contributed by atoms with E-state index in [-0.39, 0.29) is 3.42 Å². The minimum absolute atomic E-state index is 0.0985. The lowest BCUT2D eigenvalue weighted by Crippen LogP contribution is -2.11. The average Bonchev–Trinajstić information content (AvgIpc) is 1.92. The predicted octanol–water partition coefficient (Wildman–Crippen LogP) is 2.33. The monoisotopic (exact) mass is 233 g/mol. The van der Waals surface area contributed by atoms with Crippen molar-refractivity contribution in [3.63, 3.8) is 0 Å². The summed E-state index contributed by atoms with van der Waals surface area (Å²) in [5.74, 6) is 0. The molecule has 48 valence electrons. The van der Waals surface area contributed by atoms with Crippen molar-refractivity contribution in [3.05, 3.63) is 24.4 Å². The Bertz CT molecular complexity index is 159. The van der Waals surface area contributed by atoms with Crippen LogP contribution >= 0.6 is 22.6 Å². The van der Waals surface area contributed by atoms with Crippen molar-refractivity contribution in [2.24, 2.45) is 4.99 Å². The van der Waals surface area contributed by atoms with Gasteiger partial charge in [0.05, 0.1) is 3.42 Å². The molecule has 0 saturated carbocycles. The van der Waals surface area contributed by atoms with E-state index in [1.807, 2.05) is 18.4 Å². The summed E-state index contributed by atoms with van der Waals surface area (Å²) < 4.78 is 0.0985. The van der Waals surface area contributed by atoms with E-state index in [1.165, 1.54) is 0 Å². The van der Waals surface area contributed by atoms with E-state index in [9.17, 15) is 0 Å². The van der Waals surface area contributed by atoms with Crippen molar-refractivity contribution in [1.29, 1.82) is 0 Å². The lowest BCUT2D eigenvalue weighted by Gasteiger charge is -2.07. The zero-order valence-electron chi connectivity index (χ0n) is 5.21. The fraction of sp³-hybridized carbons (Fsp3) is 0.286. The third kappa shape index (κ3) is 2.30.